The minimum atomic E-state index is 0.00495. The highest BCUT2D eigenvalue weighted by Gasteiger charge is 2.05. The summed E-state index contributed by atoms with van der Waals surface area (Å²) in [6, 6.07) is 9.80. The number of benzene rings is 1. The van der Waals surface area contributed by atoms with E-state index in [9.17, 15) is 4.79 Å². The summed E-state index contributed by atoms with van der Waals surface area (Å²) in [7, 11) is 0. The Hall–Kier alpha value is -1.87. The molecule has 3 nitrogen and oxygen atoms in total. The van der Waals surface area contributed by atoms with E-state index in [-0.39, 0.29) is 5.78 Å². The fourth-order valence-electron chi connectivity index (χ4n) is 1.70. The predicted molar refractivity (Wildman–Crippen MR) is 72.0 cm³/mol. The van der Waals surface area contributed by atoms with Crippen LogP contribution in [0.2, 0.25) is 0 Å². The van der Waals surface area contributed by atoms with Crippen LogP contribution < -0.4 is 0 Å². The average Bonchev–Trinajstić information content (AvgIpc) is 2.45. The molecule has 1 saturated heterocycles. The van der Waals surface area contributed by atoms with Crippen molar-refractivity contribution in [1.82, 2.24) is 4.90 Å². The van der Waals surface area contributed by atoms with Crippen LogP contribution in [0.4, 0.5) is 0 Å². The largest absolute Gasteiger partial charge is 0.378 e. The first-order valence-corrected chi connectivity index (χ1v) is 6.12. The number of morpholine rings is 1. The molecule has 0 spiro atoms. The van der Waals surface area contributed by atoms with Crippen molar-refractivity contribution in [1.29, 1.82) is 0 Å². The molecule has 3 heteroatoms. The molecule has 0 radical (unpaired) electrons. The van der Waals surface area contributed by atoms with Gasteiger partial charge in [-0.25, -0.2) is 0 Å². The van der Waals surface area contributed by atoms with Crippen LogP contribution in [-0.4, -0.2) is 37.0 Å². The lowest BCUT2D eigenvalue weighted by Crippen LogP contribution is -2.32. The Morgan fingerprint density at radius 3 is 2.56 bits per heavy atom. The lowest BCUT2D eigenvalue weighted by molar-refractivity contribution is -0.110. The molecule has 0 amide bonds. The average molecular weight is 243 g/mol. The summed E-state index contributed by atoms with van der Waals surface area (Å²) in [5.74, 6) is 0.00495. The zero-order valence-electron chi connectivity index (χ0n) is 10.3. The molecule has 1 aliphatic heterocycles. The van der Waals surface area contributed by atoms with E-state index in [1.165, 1.54) is 0 Å². The van der Waals surface area contributed by atoms with Gasteiger partial charge >= 0.3 is 0 Å². The molecular weight excluding hydrogens is 226 g/mol. The minimum absolute atomic E-state index is 0.00495. The summed E-state index contributed by atoms with van der Waals surface area (Å²) in [6.07, 6.45) is 6.86. The molecule has 1 aromatic carbocycles. The van der Waals surface area contributed by atoms with E-state index in [0.717, 1.165) is 31.9 Å². The van der Waals surface area contributed by atoms with Gasteiger partial charge in [-0.3, -0.25) is 4.79 Å². The molecule has 1 fully saturated rings. The highest BCUT2D eigenvalue weighted by Crippen LogP contribution is 2.02. The molecule has 0 saturated carbocycles. The highest BCUT2D eigenvalue weighted by atomic mass is 16.5. The molecule has 94 valence electrons. The Morgan fingerprint density at radius 2 is 1.83 bits per heavy atom. The summed E-state index contributed by atoms with van der Waals surface area (Å²) in [4.78, 5) is 13.7. The van der Waals surface area contributed by atoms with Crippen LogP contribution in [0, 0.1) is 0 Å². The minimum Gasteiger partial charge on any atom is -0.378 e. The van der Waals surface area contributed by atoms with Crippen LogP contribution in [0.5, 0.6) is 0 Å². The smallest absolute Gasteiger partial charge is 0.180 e. The summed E-state index contributed by atoms with van der Waals surface area (Å²) < 4.78 is 5.24. The molecule has 18 heavy (non-hydrogen) atoms. The molecule has 1 aliphatic rings. The number of allylic oxidation sites excluding steroid dienone is 2. The number of nitrogens with zero attached hydrogens (tertiary/aromatic N) is 1. The summed E-state index contributed by atoms with van der Waals surface area (Å²) in [5.41, 5.74) is 1.03. The third-order valence-corrected chi connectivity index (χ3v) is 2.73. The number of hydrogen-bond acceptors (Lipinski definition) is 3. The van der Waals surface area contributed by atoms with E-state index in [0.29, 0.717) is 0 Å². The van der Waals surface area contributed by atoms with E-state index in [1.54, 1.807) is 12.2 Å². The number of ketones is 1. The van der Waals surface area contributed by atoms with Gasteiger partial charge in [0.05, 0.1) is 13.2 Å². The number of rotatable bonds is 4. The third kappa shape index (κ3) is 4.18. The van der Waals surface area contributed by atoms with E-state index in [1.807, 2.05) is 42.6 Å². The first kappa shape index (κ1) is 12.6. The second-order valence-electron chi connectivity index (χ2n) is 4.11. The standard InChI is InChI=1S/C15H17NO2/c17-15(7-6-14-4-2-1-3-5-14)8-9-16-10-12-18-13-11-16/h1-9H,10-13H2/b7-6+,9-8+. The summed E-state index contributed by atoms with van der Waals surface area (Å²) in [5, 5.41) is 0. The van der Waals surface area contributed by atoms with Gasteiger partial charge in [0, 0.05) is 25.4 Å². The van der Waals surface area contributed by atoms with E-state index in [2.05, 4.69) is 4.90 Å². The molecule has 0 unspecified atom stereocenters. The van der Waals surface area contributed by atoms with Crippen LogP contribution in [-0.2, 0) is 9.53 Å². The normalized spacial score (nSPS) is 16.6. The van der Waals surface area contributed by atoms with Crippen LogP contribution in [0.1, 0.15) is 5.56 Å². The topological polar surface area (TPSA) is 29.5 Å². The molecule has 0 bridgehead atoms. The molecule has 0 atom stereocenters. The number of ether oxygens (including phenoxy) is 1. The van der Waals surface area contributed by atoms with Crippen molar-refractivity contribution in [2.24, 2.45) is 0 Å². The SMILES string of the molecule is O=C(/C=C/c1ccccc1)/C=C/N1CCOCC1. The third-order valence-electron chi connectivity index (χ3n) is 2.73. The van der Waals surface area contributed by atoms with Crippen molar-refractivity contribution in [3.63, 3.8) is 0 Å². The number of hydrogen-bond donors (Lipinski definition) is 0. The Balaban J connectivity index is 1.84. The quantitative estimate of drug-likeness (QED) is 0.759. The zero-order chi connectivity index (χ0) is 12.6. The van der Waals surface area contributed by atoms with E-state index < -0.39 is 0 Å². The number of carbonyl (C=O) groups is 1. The molecule has 0 N–H and O–H groups in total. The van der Waals surface area contributed by atoms with Crippen molar-refractivity contribution in [2.75, 3.05) is 26.3 Å². The van der Waals surface area contributed by atoms with Gasteiger partial charge in [-0.2, -0.15) is 0 Å². The van der Waals surface area contributed by atoms with Gasteiger partial charge in [0.2, 0.25) is 0 Å². The fraction of sp³-hybridized carbons (Fsp3) is 0.267. The molecular formula is C15H17NO2. The van der Waals surface area contributed by atoms with Gasteiger partial charge in [-0.1, -0.05) is 36.4 Å². The Labute approximate surface area is 107 Å². The molecule has 0 aliphatic carbocycles. The Bertz CT molecular complexity index is 431. The van der Waals surface area contributed by atoms with Gasteiger partial charge in [0.1, 0.15) is 0 Å². The monoisotopic (exact) mass is 243 g/mol. The van der Waals surface area contributed by atoms with Crippen molar-refractivity contribution in [2.45, 2.75) is 0 Å². The van der Waals surface area contributed by atoms with Crippen molar-refractivity contribution in [3.05, 3.63) is 54.2 Å². The van der Waals surface area contributed by atoms with E-state index >= 15 is 0 Å². The van der Waals surface area contributed by atoms with Crippen LogP contribution >= 0.6 is 0 Å². The van der Waals surface area contributed by atoms with Gasteiger partial charge < -0.3 is 9.64 Å². The van der Waals surface area contributed by atoms with Crippen LogP contribution in [0.25, 0.3) is 6.08 Å². The fourth-order valence-corrected chi connectivity index (χ4v) is 1.70. The maximum atomic E-state index is 11.6. The first-order valence-electron chi connectivity index (χ1n) is 6.12. The van der Waals surface area contributed by atoms with Gasteiger partial charge in [-0.05, 0) is 11.6 Å². The number of carbonyl (C=O) groups excluding carboxylic acids is 1. The molecule has 2 rings (SSSR count). The Morgan fingerprint density at radius 1 is 1.11 bits per heavy atom. The summed E-state index contributed by atoms with van der Waals surface area (Å²) >= 11 is 0. The summed E-state index contributed by atoms with van der Waals surface area (Å²) in [6.45, 7) is 3.18. The molecule has 1 aromatic rings. The molecule has 0 aromatic heterocycles. The zero-order valence-corrected chi connectivity index (χ0v) is 10.3. The van der Waals surface area contributed by atoms with Crippen molar-refractivity contribution in [3.8, 4) is 0 Å². The van der Waals surface area contributed by atoms with Crippen molar-refractivity contribution < 1.29 is 9.53 Å². The van der Waals surface area contributed by atoms with Crippen LogP contribution in [0.3, 0.4) is 0 Å². The predicted octanol–water partition coefficient (Wildman–Crippen LogP) is 2.11. The lowest BCUT2D eigenvalue weighted by atomic mass is 10.2. The second kappa shape index (κ2) is 6.77. The lowest BCUT2D eigenvalue weighted by Gasteiger charge is -2.24. The first-order chi connectivity index (χ1) is 8.84. The maximum absolute atomic E-state index is 11.6. The molecule has 1 heterocycles. The maximum Gasteiger partial charge on any atom is 0.180 e. The highest BCUT2D eigenvalue weighted by molar-refractivity contribution is 6.01. The second-order valence-corrected chi connectivity index (χ2v) is 4.11. The van der Waals surface area contributed by atoms with Crippen molar-refractivity contribution >= 4 is 11.9 Å². The van der Waals surface area contributed by atoms with E-state index in [4.69, 9.17) is 4.74 Å². The van der Waals surface area contributed by atoms with Gasteiger partial charge in [0.25, 0.3) is 0 Å². The Kier molecular flexibility index (Phi) is 4.73. The van der Waals surface area contributed by atoms with Gasteiger partial charge in [0.15, 0.2) is 5.78 Å². The van der Waals surface area contributed by atoms with Gasteiger partial charge in [-0.15, -0.1) is 0 Å². The van der Waals surface area contributed by atoms with Crippen LogP contribution in [0.15, 0.2) is 48.7 Å².